The van der Waals surface area contributed by atoms with Crippen molar-refractivity contribution in [2.75, 3.05) is 19.0 Å². The number of para-hydroxylation sites is 1. The van der Waals surface area contributed by atoms with Crippen molar-refractivity contribution in [1.82, 2.24) is 4.98 Å². The third-order valence-corrected chi connectivity index (χ3v) is 4.23. The van der Waals surface area contributed by atoms with Gasteiger partial charge < -0.3 is 15.2 Å². The average Bonchev–Trinajstić information content (AvgIpc) is 2.46. The van der Waals surface area contributed by atoms with Crippen LogP contribution in [-0.4, -0.2) is 35.3 Å². The summed E-state index contributed by atoms with van der Waals surface area (Å²) in [6.45, 7) is 0.677. The van der Waals surface area contributed by atoms with E-state index in [1.165, 1.54) is 6.42 Å². The van der Waals surface area contributed by atoms with Gasteiger partial charge in [-0.15, -0.1) is 0 Å². The van der Waals surface area contributed by atoms with Crippen LogP contribution in [0.2, 0.25) is 0 Å². The zero-order chi connectivity index (χ0) is 14.9. The van der Waals surface area contributed by atoms with Crippen LogP contribution in [0.1, 0.15) is 29.8 Å². The number of hydrogen-bond donors (Lipinski definition) is 2. The Morgan fingerprint density at radius 1 is 1.43 bits per heavy atom. The van der Waals surface area contributed by atoms with Gasteiger partial charge in [0.1, 0.15) is 0 Å². The Morgan fingerprint density at radius 3 is 2.81 bits per heavy atom. The summed E-state index contributed by atoms with van der Waals surface area (Å²) in [7, 11) is 1.73. The van der Waals surface area contributed by atoms with Gasteiger partial charge >= 0.3 is 5.97 Å². The van der Waals surface area contributed by atoms with Gasteiger partial charge in [0.2, 0.25) is 0 Å². The van der Waals surface area contributed by atoms with E-state index in [9.17, 15) is 9.90 Å². The van der Waals surface area contributed by atoms with E-state index in [1.54, 1.807) is 13.2 Å². The lowest BCUT2D eigenvalue weighted by molar-refractivity contribution is -0.0601. The van der Waals surface area contributed by atoms with Crippen LogP contribution >= 0.6 is 0 Å². The molecule has 0 saturated heterocycles. The number of anilines is 1. The lowest BCUT2D eigenvalue weighted by Gasteiger charge is -2.40. The fourth-order valence-corrected chi connectivity index (χ4v) is 2.71. The number of fused-ring (bicyclic) bond motifs is 1. The van der Waals surface area contributed by atoms with Crippen LogP contribution < -0.4 is 5.32 Å². The minimum atomic E-state index is -1.02. The molecule has 3 rings (SSSR count). The second kappa shape index (κ2) is 5.33. The normalized spacial score (nSPS) is 16.4. The number of ether oxygens (including phenoxy) is 1. The Labute approximate surface area is 123 Å². The fourth-order valence-electron chi connectivity index (χ4n) is 2.71. The number of carbonyl (C=O) groups is 1. The molecule has 2 N–H and O–H groups in total. The van der Waals surface area contributed by atoms with E-state index in [-0.39, 0.29) is 11.3 Å². The molecule has 1 fully saturated rings. The molecule has 5 nitrogen and oxygen atoms in total. The number of carboxylic acids is 1. The van der Waals surface area contributed by atoms with Crippen LogP contribution in [0.3, 0.4) is 0 Å². The Hall–Kier alpha value is -2.14. The Balaban J connectivity index is 1.94. The zero-order valence-corrected chi connectivity index (χ0v) is 11.9. The summed E-state index contributed by atoms with van der Waals surface area (Å²) in [5.41, 5.74) is 1.41. The molecule has 110 valence electrons. The largest absolute Gasteiger partial charge is 0.477 e. The molecule has 1 aliphatic carbocycles. The topological polar surface area (TPSA) is 71.5 Å². The highest BCUT2D eigenvalue weighted by Crippen LogP contribution is 2.35. The van der Waals surface area contributed by atoms with Crippen molar-refractivity contribution >= 4 is 22.6 Å². The lowest BCUT2D eigenvalue weighted by Crippen LogP contribution is -2.45. The third-order valence-electron chi connectivity index (χ3n) is 4.23. The third kappa shape index (κ3) is 2.56. The molecule has 1 aromatic heterocycles. The number of nitrogens with one attached hydrogen (secondary N) is 1. The maximum atomic E-state index is 11.2. The molecular weight excluding hydrogens is 268 g/mol. The van der Waals surface area contributed by atoms with E-state index < -0.39 is 5.97 Å². The summed E-state index contributed by atoms with van der Waals surface area (Å²) in [5.74, 6) is -1.02. The molecule has 1 aliphatic rings. The van der Waals surface area contributed by atoms with Crippen molar-refractivity contribution in [3.63, 3.8) is 0 Å². The molecule has 1 saturated carbocycles. The van der Waals surface area contributed by atoms with Crippen molar-refractivity contribution in [2.24, 2.45) is 0 Å². The molecular formula is C16H18N2O3. The predicted molar refractivity (Wildman–Crippen MR) is 80.8 cm³/mol. The fraction of sp³-hybridized carbons (Fsp3) is 0.375. The summed E-state index contributed by atoms with van der Waals surface area (Å²) in [5, 5.41) is 13.5. The smallest absolute Gasteiger partial charge is 0.354 e. The highest BCUT2D eigenvalue weighted by Gasteiger charge is 2.36. The first kappa shape index (κ1) is 13.8. The summed E-state index contributed by atoms with van der Waals surface area (Å²) in [4.78, 5) is 15.4. The SMILES string of the molecule is COC1(CNc2cc(C(=O)O)nc3ccccc23)CCC1. The number of carboxylic acid groups (broad SMARTS) is 1. The number of hydrogen-bond acceptors (Lipinski definition) is 4. The summed E-state index contributed by atoms with van der Waals surface area (Å²) < 4.78 is 5.59. The van der Waals surface area contributed by atoms with Crippen LogP contribution in [-0.2, 0) is 4.74 Å². The van der Waals surface area contributed by atoms with Gasteiger partial charge in [0.05, 0.1) is 11.1 Å². The van der Waals surface area contributed by atoms with Gasteiger partial charge in [0, 0.05) is 24.7 Å². The van der Waals surface area contributed by atoms with Crippen LogP contribution in [0.15, 0.2) is 30.3 Å². The molecule has 0 aliphatic heterocycles. The second-order valence-electron chi connectivity index (χ2n) is 5.47. The van der Waals surface area contributed by atoms with Crippen LogP contribution in [0.5, 0.6) is 0 Å². The summed E-state index contributed by atoms with van der Waals surface area (Å²) in [6, 6.07) is 9.13. The first-order valence-corrected chi connectivity index (χ1v) is 7.06. The molecule has 1 heterocycles. The van der Waals surface area contributed by atoms with Crippen LogP contribution in [0.4, 0.5) is 5.69 Å². The number of aromatic carboxylic acids is 1. The van der Waals surface area contributed by atoms with Crippen molar-refractivity contribution in [1.29, 1.82) is 0 Å². The maximum Gasteiger partial charge on any atom is 0.354 e. The van der Waals surface area contributed by atoms with Crippen molar-refractivity contribution in [3.05, 3.63) is 36.0 Å². The average molecular weight is 286 g/mol. The Kier molecular flexibility index (Phi) is 3.51. The minimum absolute atomic E-state index is 0.0521. The number of pyridine rings is 1. The summed E-state index contributed by atoms with van der Waals surface area (Å²) >= 11 is 0. The minimum Gasteiger partial charge on any atom is -0.477 e. The van der Waals surface area contributed by atoms with Gasteiger partial charge in [0.15, 0.2) is 5.69 Å². The van der Waals surface area contributed by atoms with Crippen molar-refractivity contribution in [2.45, 2.75) is 24.9 Å². The molecule has 5 heteroatoms. The molecule has 1 aromatic carbocycles. The van der Waals surface area contributed by atoms with Gasteiger partial charge in [-0.25, -0.2) is 9.78 Å². The van der Waals surface area contributed by atoms with Crippen molar-refractivity contribution in [3.8, 4) is 0 Å². The van der Waals surface area contributed by atoms with E-state index in [2.05, 4.69) is 10.3 Å². The quantitative estimate of drug-likeness (QED) is 0.884. The van der Waals surface area contributed by atoms with E-state index in [0.717, 1.165) is 23.9 Å². The van der Waals surface area contributed by atoms with Crippen LogP contribution in [0.25, 0.3) is 10.9 Å². The summed E-state index contributed by atoms with van der Waals surface area (Å²) in [6.07, 6.45) is 3.24. The standard InChI is InChI=1S/C16H18N2O3/c1-21-16(7-4-8-16)10-17-13-9-14(15(19)20)18-12-6-3-2-5-11(12)13/h2-3,5-6,9H,4,7-8,10H2,1H3,(H,17,18)(H,19,20). The monoisotopic (exact) mass is 286 g/mol. The Bertz CT molecular complexity index is 675. The number of nitrogens with zero attached hydrogens (tertiary/aromatic N) is 1. The highest BCUT2D eigenvalue weighted by atomic mass is 16.5. The molecule has 0 atom stereocenters. The highest BCUT2D eigenvalue weighted by molar-refractivity contribution is 5.97. The number of rotatable bonds is 5. The molecule has 21 heavy (non-hydrogen) atoms. The van der Waals surface area contributed by atoms with E-state index in [0.29, 0.717) is 12.1 Å². The molecule has 0 unspecified atom stereocenters. The molecule has 0 radical (unpaired) electrons. The first-order chi connectivity index (χ1) is 10.1. The number of benzene rings is 1. The molecule has 2 aromatic rings. The molecule has 0 bridgehead atoms. The zero-order valence-electron chi connectivity index (χ0n) is 11.9. The lowest BCUT2D eigenvalue weighted by atomic mass is 9.80. The van der Waals surface area contributed by atoms with E-state index >= 15 is 0 Å². The predicted octanol–water partition coefficient (Wildman–Crippen LogP) is 2.91. The number of methoxy groups -OCH3 is 1. The van der Waals surface area contributed by atoms with Gasteiger partial charge in [-0.3, -0.25) is 0 Å². The maximum absolute atomic E-state index is 11.2. The Morgan fingerprint density at radius 2 is 2.19 bits per heavy atom. The first-order valence-electron chi connectivity index (χ1n) is 7.06. The second-order valence-corrected chi connectivity index (χ2v) is 5.47. The van der Waals surface area contributed by atoms with Gasteiger partial charge in [-0.05, 0) is 31.4 Å². The van der Waals surface area contributed by atoms with Gasteiger partial charge in [-0.1, -0.05) is 18.2 Å². The van der Waals surface area contributed by atoms with Crippen LogP contribution in [0, 0.1) is 0 Å². The van der Waals surface area contributed by atoms with E-state index in [1.807, 2.05) is 24.3 Å². The van der Waals surface area contributed by atoms with Crippen molar-refractivity contribution < 1.29 is 14.6 Å². The molecule has 0 amide bonds. The van der Waals surface area contributed by atoms with Gasteiger partial charge in [0.25, 0.3) is 0 Å². The van der Waals surface area contributed by atoms with E-state index in [4.69, 9.17) is 4.74 Å². The molecule has 0 spiro atoms. The van der Waals surface area contributed by atoms with Gasteiger partial charge in [-0.2, -0.15) is 0 Å². The number of aromatic nitrogens is 1.